The Balaban J connectivity index is 1.92. The summed E-state index contributed by atoms with van der Waals surface area (Å²) in [4.78, 5) is 9.26. The maximum atomic E-state index is 6.19. The molecule has 1 aliphatic heterocycles. The fourth-order valence-electron chi connectivity index (χ4n) is 3.39. The lowest BCUT2D eigenvalue weighted by molar-refractivity contribution is 0.124. The number of hydrogen-bond donors (Lipinski definition) is 1. The second-order valence-electron chi connectivity index (χ2n) is 6.22. The van der Waals surface area contributed by atoms with Crippen molar-refractivity contribution >= 4 is 27.8 Å². The van der Waals surface area contributed by atoms with Crippen LogP contribution in [0.2, 0.25) is 0 Å². The van der Waals surface area contributed by atoms with Crippen molar-refractivity contribution in [3.05, 3.63) is 30.1 Å². The van der Waals surface area contributed by atoms with E-state index < -0.39 is 0 Å². The van der Waals surface area contributed by atoms with Crippen molar-refractivity contribution in [2.24, 2.45) is 5.92 Å². The van der Waals surface area contributed by atoms with Crippen molar-refractivity contribution < 1.29 is 9.47 Å². The van der Waals surface area contributed by atoms with Gasteiger partial charge in [0.15, 0.2) is 5.82 Å². The van der Waals surface area contributed by atoms with Crippen molar-refractivity contribution in [3.8, 4) is 0 Å². The molecule has 0 spiro atoms. The van der Waals surface area contributed by atoms with E-state index in [9.17, 15) is 0 Å². The van der Waals surface area contributed by atoms with Crippen LogP contribution in [-0.4, -0.2) is 34.4 Å². The van der Waals surface area contributed by atoms with Crippen LogP contribution >= 0.6 is 0 Å². The van der Waals surface area contributed by atoms with E-state index in [-0.39, 0.29) is 0 Å². The van der Waals surface area contributed by atoms with Gasteiger partial charge in [-0.2, -0.15) is 0 Å². The molecule has 3 aromatic rings. The number of rotatable bonds is 5. The van der Waals surface area contributed by atoms with Gasteiger partial charge < -0.3 is 19.8 Å². The third kappa shape index (κ3) is 2.61. The van der Waals surface area contributed by atoms with E-state index in [1.54, 1.807) is 0 Å². The van der Waals surface area contributed by atoms with Gasteiger partial charge in [0.25, 0.3) is 0 Å². The minimum absolute atomic E-state index is 0.475. The molecule has 1 aliphatic rings. The summed E-state index contributed by atoms with van der Waals surface area (Å²) in [6.07, 6.45) is 1.08. The Hall–Kier alpha value is -2.18. The smallest absolute Gasteiger partial charge is 0.152 e. The first-order valence-electron chi connectivity index (χ1n) is 8.46. The van der Waals surface area contributed by atoms with Crippen molar-refractivity contribution in [2.75, 3.05) is 25.6 Å². The van der Waals surface area contributed by atoms with Crippen LogP contribution in [0.15, 0.2) is 24.3 Å². The molecule has 1 aromatic carbocycles. The quantitative estimate of drug-likeness (QED) is 0.780. The Labute approximate surface area is 140 Å². The highest BCUT2D eigenvalue weighted by Gasteiger charge is 2.22. The molecule has 0 bridgehead atoms. The summed E-state index contributed by atoms with van der Waals surface area (Å²) in [5, 5.41) is 1.08. The van der Waals surface area contributed by atoms with Gasteiger partial charge in [-0.05, 0) is 19.4 Å². The average Bonchev–Trinajstić information content (AvgIpc) is 3.22. The number of imidazole rings is 1. The molecule has 6 heteroatoms. The summed E-state index contributed by atoms with van der Waals surface area (Å²) >= 11 is 0. The minimum Gasteiger partial charge on any atom is -0.382 e. The first-order valence-corrected chi connectivity index (χ1v) is 8.46. The maximum Gasteiger partial charge on any atom is 0.152 e. The van der Waals surface area contributed by atoms with Gasteiger partial charge >= 0.3 is 0 Å². The van der Waals surface area contributed by atoms with Crippen LogP contribution in [0.4, 0.5) is 5.82 Å². The number of nitrogens with zero attached hydrogens (tertiary/aromatic N) is 3. The van der Waals surface area contributed by atoms with Gasteiger partial charge in [0.05, 0.1) is 17.6 Å². The van der Waals surface area contributed by atoms with Gasteiger partial charge in [0.1, 0.15) is 17.9 Å². The molecular formula is C18H22N4O2. The molecule has 0 amide bonds. The Morgan fingerprint density at radius 3 is 3.00 bits per heavy atom. The Kier molecular flexibility index (Phi) is 4.08. The molecule has 6 nitrogen and oxygen atoms in total. The van der Waals surface area contributed by atoms with Crippen LogP contribution < -0.4 is 5.73 Å². The Morgan fingerprint density at radius 1 is 1.33 bits per heavy atom. The highest BCUT2D eigenvalue weighted by atomic mass is 16.5. The predicted molar refractivity (Wildman–Crippen MR) is 93.7 cm³/mol. The number of aromatic nitrogens is 3. The lowest BCUT2D eigenvalue weighted by Crippen LogP contribution is -2.14. The fraction of sp³-hybridized carbons (Fsp3) is 0.444. The topological polar surface area (TPSA) is 75.2 Å². The standard InChI is InChI=1S/C18H22N4O2/c1-2-23-11-15-21-16-17(22(15)9-12-7-8-24-10-12)13-5-3-4-6-14(13)20-18(16)19/h3-6,12H,2,7-11H2,1H3,(H2,19,20). The number of benzene rings is 1. The number of pyridine rings is 1. The molecule has 0 aliphatic carbocycles. The Bertz CT molecular complexity index is 868. The maximum absolute atomic E-state index is 6.19. The number of para-hydroxylation sites is 1. The molecule has 24 heavy (non-hydrogen) atoms. The summed E-state index contributed by atoms with van der Waals surface area (Å²) in [7, 11) is 0. The molecule has 3 heterocycles. The summed E-state index contributed by atoms with van der Waals surface area (Å²) in [5.74, 6) is 1.88. The Morgan fingerprint density at radius 2 is 2.21 bits per heavy atom. The number of nitrogen functional groups attached to an aromatic ring is 1. The van der Waals surface area contributed by atoms with Gasteiger partial charge in [0.2, 0.25) is 0 Å². The third-order valence-corrected chi connectivity index (χ3v) is 4.59. The SMILES string of the molecule is CCOCc1nc2c(N)nc3ccccc3c2n1CC1CCOC1. The van der Waals surface area contributed by atoms with E-state index in [1.165, 1.54) is 0 Å². The third-order valence-electron chi connectivity index (χ3n) is 4.59. The van der Waals surface area contributed by atoms with Crippen LogP contribution in [0.1, 0.15) is 19.2 Å². The van der Waals surface area contributed by atoms with Crippen molar-refractivity contribution in [3.63, 3.8) is 0 Å². The van der Waals surface area contributed by atoms with Gasteiger partial charge in [-0.1, -0.05) is 18.2 Å². The molecule has 2 aromatic heterocycles. The van der Waals surface area contributed by atoms with E-state index in [2.05, 4.69) is 15.6 Å². The number of nitrogens with two attached hydrogens (primary N) is 1. The zero-order valence-electron chi connectivity index (χ0n) is 13.9. The summed E-state index contributed by atoms with van der Waals surface area (Å²) < 4.78 is 13.4. The number of hydrogen-bond acceptors (Lipinski definition) is 5. The van der Waals surface area contributed by atoms with E-state index in [4.69, 9.17) is 20.2 Å². The van der Waals surface area contributed by atoms with Gasteiger partial charge in [-0.15, -0.1) is 0 Å². The van der Waals surface area contributed by atoms with Gasteiger partial charge in [-0.25, -0.2) is 9.97 Å². The van der Waals surface area contributed by atoms with Crippen LogP contribution in [0.25, 0.3) is 21.9 Å². The van der Waals surface area contributed by atoms with Crippen molar-refractivity contribution in [1.29, 1.82) is 0 Å². The number of ether oxygens (including phenoxy) is 2. The highest BCUT2D eigenvalue weighted by Crippen LogP contribution is 2.30. The molecule has 1 atom stereocenters. The first kappa shape index (κ1) is 15.4. The molecule has 1 fully saturated rings. The van der Waals surface area contributed by atoms with Crippen LogP contribution in [0.5, 0.6) is 0 Å². The largest absolute Gasteiger partial charge is 0.382 e. The normalized spacial score (nSPS) is 18.0. The zero-order chi connectivity index (χ0) is 16.5. The van der Waals surface area contributed by atoms with E-state index in [0.29, 0.717) is 24.9 Å². The first-order chi connectivity index (χ1) is 11.8. The fourth-order valence-corrected chi connectivity index (χ4v) is 3.39. The van der Waals surface area contributed by atoms with E-state index in [0.717, 1.165) is 53.9 Å². The molecular weight excluding hydrogens is 304 g/mol. The van der Waals surface area contributed by atoms with Gasteiger partial charge in [-0.3, -0.25) is 0 Å². The van der Waals surface area contributed by atoms with Crippen molar-refractivity contribution in [1.82, 2.24) is 14.5 Å². The van der Waals surface area contributed by atoms with E-state index >= 15 is 0 Å². The number of fused-ring (bicyclic) bond motifs is 3. The van der Waals surface area contributed by atoms with Crippen LogP contribution in [0.3, 0.4) is 0 Å². The van der Waals surface area contributed by atoms with Crippen LogP contribution in [-0.2, 0) is 22.6 Å². The molecule has 126 valence electrons. The summed E-state index contributed by atoms with van der Waals surface area (Å²) in [6, 6.07) is 8.08. The van der Waals surface area contributed by atoms with Crippen molar-refractivity contribution in [2.45, 2.75) is 26.5 Å². The number of anilines is 1. The lowest BCUT2D eigenvalue weighted by Gasteiger charge is -2.14. The predicted octanol–water partition coefficient (Wildman–Crippen LogP) is 2.74. The monoisotopic (exact) mass is 326 g/mol. The second kappa shape index (κ2) is 6.37. The second-order valence-corrected chi connectivity index (χ2v) is 6.22. The molecule has 1 saturated heterocycles. The molecule has 1 unspecified atom stereocenters. The molecule has 2 N–H and O–H groups in total. The van der Waals surface area contributed by atoms with Crippen LogP contribution in [0, 0.1) is 5.92 Å². The molecule has 4 rings (SSSR count). The average molecular weight is 326 g/mol. The molecule has 0 radical (unpaired) electrons. The zero-order valence-corrected chi connectivity index (χ0v) is 13.9. The molecule has 0 saturated carbocycles. The van der Waals surface area contributed by atoms with Gasteiger partial charge in [0, 0.05) is 31.1 Å². The summed E-state index contributed by atoms with van der Waals surface area (Å²) in [6.45, 7) is 5.63. The van der Waals surface area contributed by atoms with E-state index in [1.807, 2.05) is 25.1 Å². The minimum atomic E-state index is 0.475. The highest BCUT2D eigenvalue weighted by molar-refractivity contribution is 6.06. The summed E-state index contributed by atoms with van der Waals surface area (Å²) in [5.41, 5.74) is 8.91. The lowest BCUT2D eigenvalue weighted by atomic mass is 10.1.